The first-order valence-electron chi connectivity index (χ1n) is 14.2. The van der Waals surface area contributed by atoms with E-state index in [-0.39, 0.29) is 19.4 Å². The van der Waals surface area contributed by atoms with Gasteiger partial charge in [-0.25, -0.2) is 19.4 Å². The van der Waals surface area contributed by atoms with Gasteiger partial charge in [-0.15, -0.1) is 0 Å². The lowest BCUT2D eigenvalue weighted by atomic mass is 10.2. The number of aromatic nitrogens is 2. The van der Waals surface area contributed by atoms with E-state index in [1.165, 1.54) is 0 Å². The molecule has 0 unspecified atom stereocenters. The van der Waals surface area contributed by atoms with Crippen molar-refractivity contribution in [2.75, 3.05) is 39.6 Å². The minimum atomic E-state index is -6.84. The number of halogens is 11. The molecular formula is C28H33F11N2O6. The zero-order valence-electron chi connectivity index (χ0n) is 25.0. The van der Waals surface area contributed by atoms with Crippen LogP contribution in [0.5, 0.6) is 11.5 Å². The Morgan fingerprint density at radius 1 is 0.553 bits per heavy atom. The van der Waals surface area contributed by atoms with Crippen LogP contribution in [0.3, 0.4) is 0 Å². The fraction of sp³-hybridized carbons (Fsp3) is 0.643. The van der Waals surface area contributed by atoms with Crippen LogP contribution in [0, 0.1) is 0 Å². The van der Waals surface area contributed by atoms with E-state index in [9.17, 15) is 48.3 Å². The molecule has 0 aliphatic heterocycles. The molecule has 0 N–H and O–H groups in total. The molecule has 0 fully saturated rings. The molecule has 0 saturated carbocycles. The van der Waals surface area contributed by atoms with Crippen LogP contribution in [0.4, 0.5) is 48.3 Å². The number of benzene rings is 1. The van der Waals surface area contributed by atoms with Crippen molar-refractivity contribution in [3.05, 3.63) is 36.7 Å². The highest BCUT2D eigenvalue weighted by molar-refractivity contribution is 5.56. The smallest absolute Gasteiger partial charge is 0.483 e. The summed E-state index contributed by atoms with van der Waals surface area (Å²) in [5.41, 5.74) is 0.675. The Kier molecular flexibility index (Phi) is 15.3. The van der Waals surface area contributed by atoms with Crippen molar-refractivity contribution in [3.8, 4) is 22.9 Å². The molecule has 0 aliphatic carbocycles. The lowest BCUT2D eigenvalue weighted by molar-refractivity contribution is -0.537. The number of unbranched alkanes of at least 4 members (excludes halogenated alkanes) is 3. The maximum Gasteiger partial charge on any atom is 0.483 e. The first-order valence-corrected chi connectivity index (χ1v) is 14.2. The molecule has 0 radical (unpaired) electrons. The third-order valence-corrected chi connectivity index (χ3v) is 5.76. The van der Waals surface area contributed by atoms with Crippen molar-refractivity contribution in [1.29, 1.82) is 0 Å². The Bertz CT molecular complexity index is 1170. The molecule has 0 saturated heterocycles. The molecule has 0 amide bonds. The van der Waals surface area contributed by atoms with Gasteiger partial charge in [-0.1, -0.05) is 13.3 Å². The first-order chi connectivity index (χ1) is 21.9. The molecule has 268 valence electrons. The highest BCUT2D eigenvalue weighted by Crippen LogP contribution is 2.47. The Hall–Kier alpha value is -3.03. The summed E-state index contributed by atoms with van der Waals surface area (Å²) < 4.78 is 166. The van der Waals surface area contributed by atoms with Crippen LogP contribution in [0.2, 0.25) is 0 Å². The first kappa shape index (κ1) is 40.1. The molecule has 47 heavy (non-hydrogen) atoms. The topological polar surface area (TPSA) is 81.2 Å². The fourth-order valence-corrected chi connectivity index (χ4v) is 3.33. The van der Waals surface area contributed by atoms with Gasteiger partial charge in [0.25, 0.3) is 0 Å². The molecule has 1 aromatic carbocycles. The maximum atomic E-state index is 13.5. The van der Waals surface area contributed by atoms with Crippen molar-refractivity contribution in [1.82, 2.24) is 9.97 Å². The Labute approximate surface area is 262 Å². The standard InChI is InChI=1S/C28H33F11N2O6/c1-2-3-12-42-13-4-6-16-45-22-17-40-23(41-18-22)20-8-10-21(11-9-20)44-15-7-5-14-43-19-24(29,30)46-27(36,37)28(38,39)47-26(34,35)25(31,32)33/h8-11,17-18H,2-7,12-16,19H2,1H3. The van der Waals surface area contributed by atoms with Crippen LogP contribution in [0.25, 0.3) is 11.4 Å². The van der Waals surface area contributed by atoms with Crippen molar-refractivity contribution in [2.45, 2.75) is 76.1 Å². The molecule has 1 heterocycles. The van der Waals surface area contributed by atoms with Crippen molar-refractivity contribution < 1.29 is 76.7 Å². The summed E-state index contributed by atoms with van der Waals surface area (Å²) in [7, 11) is 0. The minimum Gasteiger partial charge on any atom is -0.494 e. The molecular weight excluding hydrogens is 669 g/mol. The zero-order valence-corrected chi connectivity index (χ0v) is 25.0. The van der Waals surface area contributed by atoms with Crippen molar-refractivity contribution in [3.63, 3.8) is 0 Å². The monoisotopic (exact) mass is 702 g/mol. The number of hydrogen-bond donors (Lipinski definition) is 0. The molecule has 0 spiro atoms. The van der Waals surface area contributed by atoms with Gasteiger partial charge in [-0.2, -0.15) is 48.3 Å². The van der Waals surface area contributed by atoms with Crippen LogP contribution < -0.4 is 9.47 Å². The Morgan fingerprint density at radius 2 is 1.04 bits per heavy atom. The van der Waals surface area contributed by atoms with E-state index in [4.69, 9.17) is 14.2 Å². The number of hydrogen-bond acceptors (Lipinski definition) is 8. The molecule has 1 aromatic heterocycles. The van der Waals surface area contributed by atoms with Crippen LogP contribution in [0.1, 0.15) is 45.4 Å². The lowest BCUT2D eigenvalue weighted by Gasteiger charge is -2.31. The van der Waals surface area contributed by atoms with E-state index in [1.807, 2.05) is 0 Å². The predicted molar refractivity (Wildman–Crippen MR) is 141 cm³/mol. The molecule has 19 heteroatoms. The second kappa shape index (κ2) is 17.9. The van der Waals surface area contributed by atoms with Gasteiger partial charge in [-0.3, -0.25) is 0 Å². The van der Waals surface area contributed by atoms with E-state index >= 15 is 0 Å². The lowest BCUT2D eigenvalue weighted by Crippen LogP contribution is -2.55. The second-order valence-electron chi connectivity index (χ2n) is 9.79. The SMILES string of the molecule is CCCCOCCCCOc1cnc(-c2ccc(OCCCCOCC(F)(F)OC(F)(F)C(F)(F)OC(F)(F)C(F)(F)F)cc2)nc1. The van der Waals surface area contributed by atoms with Gasteiger partial charge in [0, 0.05) is 25.4 Å². The summed E-state index contributed by atoms with van der Waals surface area (Å²) in [4.78, 5) is 8.54. The summed E-state index contributed by atoms with van der Waals surface area (Å²) in [6.07, 6.45) is -25.1. The molecule has 8 nitrogen and oxygen atoms in total. The summed E-state index contributed by atoms with van der Waals surface area (Å²) >= 11 is 0. The summed E-state index contributed by atoms with van der Waals surface area (Å²) in [6.45, 7) is 1.50. The average molecular weight is 703 g/mol. The van der Waals surface area contributed by atoms with Gasteiger partial charge in [0.1, 0.15) is 12.4 Å². The summed E-state index contributed by atoms with van der Waals surface area (Å²) in [6, 6.07) is 6.60. The minimum absolute atomic E-state index is 0.0105. The van der Waals surface area contributed by atoms with E-state index in [1.54, 1.807) is 41.4 Å². The molecule has 2 rings (SSSR count). The maximum absolute atomic E-state index is 13.5. The highest BCUT2D eigenvalue weighted by Gasteiger charge is 2.72. The predicted octanol–water partition coefficient (Wildman–Crippen LogP) is 8.26. The number of rotatable bonds is 23. The van der Waals surface area contributed by atoms with Gasteiger partial charge in [0.05, 0.1) is 25.6 Å². The average Bonchev–Trinajstić information content (AvgIpc) is 2.97. The highest BCUT2D eigenvalue weighted by atomic mass is 19.4. The molecule has 0 aliphatic rings. The summed E-state index contributed by atoms with van der Waals surface area (Å²) in [5, 5.41) is 0. The van der Waals surface area contributed by atoms with Gasteiger partial charge in [0.15, 0.2) is 11.6 Å². The van der Waals surface area contributed by atoms with Crippen LogP contribution in [-0.4, -0.2) is 80.2 Å². The number of ether oxygens (including phenoxy) is 6. The van der Waals surface area contributed by atoms with Gasteiger partial charge in [0.2, 0.25) is 0 Å². The third-order valence-electron chi connectivity index (χ3n) is 5.76. The fourth-order valence-electron chi connectivity index (χ4n) is 3.33. The van der Waals surface area contributed by atoms with Crippen molar-refractivity contribution in [2.24, 2.45) is 0 Å². The molecule has 0 bridgehead atoms. The quantitative estimate of drug-likeness (QED) is 0.0847. The largest absolute Gasteiger partial charge is 0.494 e. The zero-order chi connectivity index (χ0) is 35.2. The van der Waals surface area contributed by atoms with E-state index in [0.29, 0.717) is 36.1 Å². The van der Waals surface area contributed by atoms with Crippen LogP contribution in [-0.2, 0) is 18.9 Å². The number of nitrogens with zero attached hydrogens (tertiary/aromatic N) is 2. The summed E-state index contributed by atoms with van der Waals surface area (Å²) in [5.74, 6) is 1.37. The van der Waals surface area contributed by atoms with Gasteiger partial charge >= 0.3 is 30.6 Å². The Morgan fingerprint density at radius 3 is 1.60 bits per heavy atom. The van der Waals surface area contributed by atoms with Crippen molar-refractivity contribution >= 4 is 0 Å². The number of alkyl halides is 11. The molecule has 2 aromatic rings. The second-order valence-corrected chi connectivity index (χ2v) is 9.79. The van der Waals surface area contributed by atoms with Gasteiger partial charge in [-0.05, 0) is 56.4 Å². The van der Waals surface area contributed by atoms with Gasteiger partial charge < -0.3 is 18.9 Å². The Balaban J connectivity index is 1.66. The van der Waals surface area contributed by atoms with E-state index < -0.39 is 43.8 Å². The van der Waals surface area contributed by atoms with Crippen LogP contribution in [0.15, 0.2) is 36.7 Å². The van der Waals surface area contributed by atoms with Crippen LogP contribution >= 0.6 is 0 Å². The van der Waals surface area contributed by atoms with E-state index in [0.717, 1.165) is 32.3 Å². The van der Waals surface area contributed by atoms with E-state index in [2.05, 4.69) is 26.4 Å². The third kappa shape index (κ3) is 13.9. The molecule has 0 atom stereocenters. The normalized spacial score (nSPS) is 13.2.